The number of nitrogens with zero attached hydrogens (tertiary/aromatic N) is 2. The third-order valence-electron chi connectivity index (χ3n) is 3.53. The molecule has 0 spiro atoms. The van der Waals surface area contributed by atoms with Gasteiger partial charge in [0, 0.05) is 0 Å². The fourth-order valence-corrected chi connectivity index (χ4v) is 2.80. The van der Waals surface area contributed by atoms with Gasteiger partial charge >= 0.3 is 0 Å². The number of halogens is 1. The Morgan fingerprint density at radius 2 is 2.08 bits per heavy atom. The van der Waals surface area contributed by atoms with Crippen LogP contribution in [0, 0.1) is 0 Å². The number of hydrogen-bond acceptors (Lipinski definition) is 6. The summed E-state index contributed by atoms with van der Waals surface area (Å²) >= 11 is 7.39. The largest absolute Gasteiger partial charge is 0.486 e. The predicted octanol–water partition coefficient (Wildman–Crippen LogP) is 3.11. The molecule has 1 N–H and O–H groups in total. The normalized spacial score (nSPS) is 14.1. The molecule has 8 heteroatoms. The number of rotatable bonds is 4. The van der Waals surface area contributed by atoms with Crippen LogP contribution < -0.4 is 14.8 Å². The summed E-state index contributed by atoms with van der Waals surface area (Å²) in [5.74, 6) is 1.05. The van der Waals surface area contributed by atoms with Crippen LogP contribution in [0.2, 0.25) is 5.02 Å². The molecule has 126 valence electrons. The maximum atomic E-state index is 12.5. The maximum absolute atomic E-state index is 12.5. The van der Waals surface area contributed by atoms with Gasteiger partial charge in [0.2, 0.25) is 0 Å². The first-order valence-corrected chi connectivity index (χ1v) is 8.95. The van der Waals surface area contributed by atoms with Crippen molar-refractivity contribution in [2.75, 3.05) is 19.5 Å². The molecular formula is C16H16ClN3O3S. The van der Waals surface area contributed by atoms with Crippen LogP contribution in [-0.2, 0) is 0 Å². The summed E-state index contributed by atoms with van der Waals surface area (Å²) in [4.78, 5) is 20.7. The summed E-state index contributed by atoms with van der Waals surface area (Å²) in [6, 6.07) is 5.37. The van der Waals surface area contributed by atoms with Crippen molar-refractivity contribution in [3.63, 3.8) is 0 Å². The van der Waals surface area contributed by atoms with E-state index in [1.54, 1.807) is 0 Å². The molecule has 2 aromatic rings. The SMILES string of the molecule is CSc1ncc(Cl)c(C(=O)NC(C)c2ccc3c(c2)OCCO3)n1. The standard InChI is InChI=1S/C16H16ClN3O3S/c1-9(10-3-4-12-13(7-10)23-6-5-22-12)19-15(21)14-11(17)8-18-16(20-14)24-2/h3-4,7-9H,5-6H2,1-2H3,(H,19,21). The van der Waals surface area contributed by atoms with Crippen LogP contribution in [0.4, 0.5) is 0 Å². The molecule has 0 aliphatic carbocycles. The molecule has 0 fully saturated rings. The Morgan fingerprint density at radius 3 is 2.83 bits per heavy atom. The molecule has 1 amide bonds. The summed E-state index contributed by atoms with van der Waals surface area (Å²) < 4.78 is 11.1. The highest BCUT2D eigenvalue weighted by atomic mass is 35.5. The monoisotopic (exact) mass is 365 g/mol. The minimum atomic E-state index is -0.347. The van der Waals surface area contributed by atoms with E-state index in [1.165, 1.54) is 18.0 Å². The fraction of sp³-hybridized carbons (Fsp3) is 0.312. The molecule has 2 heterocycles. The van der Waals surface area contributed by atoms with Gasteiger partial charge < -0.3 is 14.8 Å². The number of fused-ring (bicyclic) bond motifs is 1. The van der Waals surface area contributed by atoms with Gasteiger partial charge in [0.15, 0.2) is 22.3 Å². The Morgan fingerprint density at radius 1 is 1.33 bits per heavy atom. The van der Waals surface area contributed by atoms with Gasteiger partial charge in [-0.25, -0.2) is 9.97 Å². The molecule has 3 rings (SSSR count). The van der Waals surface area contributed by atoms with E-state index in [9.17, 15) is 4.79 Å². The number of carbonyl (C=O) groups is 1. The highest BCUT2D eigenvalue weighted by Crippen LogP contribution is 2.32. The second kappa shape index (κ2) is 7.27. The second-order valence-electron chi connectivity index (χ2n) is 5.15. The lowest BCUT2D eigenvalue weighted by Crippen LogP contribution is -2.28. The zero-order valence-electron chi connectivity index (χ0n) is 13.2. The summed E-state index contributed by atoms with van der Waals surface area (Å²) in [5.41, 5.74) is 1.07. The molecule has 0 radical (unpaired) electrons. The highest BCUT2D eigenvalue weighted by Gasteiger charge is 2.19. The van der Waals surface area contributed by atoms with Crippen molar-refractivity contribution in [3.05, 3.63) is 40.7 Å². The number of hydrogen-bond donors (Lipinski definition) is 1. The number of nitrogens with one attached hydrogen (secondary N) is 1. The van der Waals surface area contributed by atoms with Crippen molar-refractivity contribution in [1.29, 1.82) is 0 Å². The van der Waals surface area contributed by atoms with Crippen molar-refractivity contribution in [2.45, 2.75) is 18.1 Å². The Bertz CT molecular complexity index is 772. The number of aromatic nitrogens is 2. The van der Waals surface area contributed by atoms with Crippen LogP contribution in [0.3, 0.4) is 0 Å². The van der Waals surface area contributed by atoms with Gasteiger partial charge in [-0.3, -0.25) is 4.79 Å². The van der Waals surface area contributed by atoms with Crippen molar-refractivity contribution < 1.29 is 14.3 Å². The number of carbonyl (C=O) groups excluding carboxylic acids is 1. The van der Waals surface area contributed by atoms with Crippen LogP contribution >= 0.6 is 23.4 Å². The van der Waals surface area contributed by atoms with Crippen LogP contribution in [0.25, 0.3) is 0 Å². The zero-order chi connectivity index (χ0) is 17.1. The fourth-order valence-electron chi connectivity index (χ4n) is 2.29. The van der Waals surface area contributed by atoms with E-state index in [2.05, 4.69) is 15.3 Å². The van der Waals surface area contributed by atoms with Crippen LogP contribution in [0.15, 0.2) is 29.6 Å². The van der Waals surface area contributed by atoms with Crippen molar-refractivity contribution in [2.24, 2.45) is 0 Å². The summed E-state index contributed by atoms with van der Waals surface area (Å²) in [6.45, 7) is 2.95. The van der Waals surface area contributed by atoms with Crippen LogP contribution in [0.1, 0.15) is 29.0 Å². The highest BCUT2D eigenvalue weighted by molar-refractivity contribution is 7.98. The van der Waals surface area contributed by atoms with E-state index >= 15 is 0 Å². The number of benzene rings is 1. The smallest absolute Gasteiger partial charge is 0.272 e. The van der Waals surface area contributed by atoms with Gasteiger partial charge in [0.05, 0.1) is 17.3 Å². The third-order valence-corrected chi connectivity index (χ3v) is 4.37. The lowest BCUT2D eigenvalue weighted by molar-refractivity contribution is 0.0934. The molecule has 1 unspecified atom stereocenters. The van der Waals surface area contributed by atoms with E-state index in [4.69, 9.17) is 21.1 Å². The molecule has 6 nitrogen and oxygen atoms in total. The van der Waals surface area contributed by atoms with E-state index in [0.717, 1.165) is 5.56 Å². The molecular weight excluding hydrogens is 350 g/mol. The predicted molar refractivity (Wildman–Crippen MR) is 92.1 cm³/mol. The van der Waals surface area contributed by atoms with Gasteiger partial charge in [0.1, 0.15) is 13.2 Å². The molecule has 0 saturated carbocycles. The second-order valence-corrected chi connectivity index (χ2v) is 6.33. The maximum Gasteiger partial charge on any atom is 0.272 e. The first kappa shape index (κ1) is 16.9. The Labute approximate surface area is 148 Å². The van der Waals surface area contributed by atoms with Gasteiger partial charge in [-0.1, -0.05) is 29.4 Å². The number of ether oxygens (including phenoxy) is 2. The first-order valence-electron chi connectivity index (χ1n) is 7.35. The van der Waals surface area contributed by atoms with Gasteiger partial charge in [-0.15, -0.1) is 0 Å². The minimum absolute atomic E-state index is 0.167. The minimum Gasteiger partial charge on any atom is -0.486 e. The Balaban J connectivity index is 1.77. The molecule has 1 aliphatic rings. The van der Waals surface area contributed by atoms with Crippen molar-refractivity contribution in [1.82, 2.24) is 15.3 Å². The number of thioether (sulfide) groups is 1. The van der Waals surface area contributed by atoms with E-state index in [-0.39, 0.29) is 22.7 Å². The molecule has 1 atom stereocenters. The molecule has 0 bridgehead atoms. The van der Waals surface area contributed by atoms with Gasteiger partial charge in [-0.05, 0) is 30.9 Å². The van der Waals surface area contributed by atoms with Crippen LogP contribution in [0.5, 0.6) is 11.5 Å². The third kappa shape index (κ3) is 3.57. The lowest BCUT2D eigenvalue weighted by Gasteiger charge is -2.21. The van der Waals surface area contributed by atoms with E-state index < -0.39 is 0 Å². The molecule has 24 heavy (non-hydrogen) atoms. The number of amides is 1. The van der Waals surface area contributed by atoms with Gasteiger partial charge in [0.25, 0.3) is 5.91 Å². The topological polar surface area (TPSA) is 73.3 Å². The summed E-state index contributed by atoms with van der Waals surface area (Å²) in [5, 5.41) is 3.61. The van der Waals surface area contributed by atoms with Crippen molar-refractivity contribution >= 4 is 29.3 Å². The first-order chi connectivity index (χ1) is 11.6. The Kier molecular flexibility index (Phi) is 5.11. The molecule has 1 aliphatic heterocycles. The quantitative estimate of drug-likeness (QED) is 0.663. The summed E-state index contributed by atoms with van der Waals surface area (Å²) in [6.07, 6.45) is 3.27. The van der Waals surface area contributed by atoms with Crippen molar-refractivity contribution in [3.8, 4) is 11.5 Å². The van der Waals surface area contributed by atoms with E-state index in [1.807, 2.05) is 31.4 Å². The lowest BCUT2D eigenvalue weighted by atomic mass is 10.1. The average molecular weight is 366 g/mol. The Hall–Kier alpha value is -1.99. The average Bonchev–Trinajstić information content (AvgIpc) is 2.61. The summed E-state index contributed by atoms with van der Waals surface area (Å²) in [7, 11) is 0. The molecule has 0 saturated heterocycles. The molecule has 1 aromatic heterocycles. The van der Waals surface area contributed by atoms with Crippen LogP contribution in [-0.4, -0.2) is 35.3 Å². The van der Waals surface area contributed by atoms with E-state index in [0.29, 0.717) is 29.9 Å². The zero-order valence-corrected chi connectivity index (χ0v) is 14.8. The molecule has 1 aromatic carbocycles. The van der Waals surface area contributed by atoms with Gasteiger partial charge in [-0.2, -0.15) is 0 Å².